The number of rotatable bonds is 5. The van der Waals surface area contributed by atoms with Crippen molar-refractivity contribution in [2.24, 2.45) is 0 Å². The molecule has 1 aliphatic heterocycles. The maximum absolute atomic E-state index is 12.5. The van der Waals surface area contributed by atoms with Crippen LogP contribution in [0.15, 0.2) is 24.3 Å². The molecule has 1 heterocycles. The summed E-state index contributed by atoms with van der Waals surface area (Å²) in [5, 5.41) is 0. The van der Waals surface area contributed by atoms with Crippen LogP contribution in [0, 0.1) is 0 Å². The van der Waals surface area contributed by atoms with Crippen LogP contribution in [0.1, 0.15) is 44.0 Å². The maximum atomic E-state index is 12.5. The van der Waals surface area contributed by atoms with Gasteiger partial charge < -0.3 is 14.4 Å². The molecule has 0 aliphatic carbocycles. The molecule has 1 aromatic rings. The Balaban J connectivity index is 1.96. The van der Waals surface area contributed by atoms with Crippen LogP contribution in [-0.2, 0) is 4.74 Å². The molecule has 1 saturated heterocycles. The lowest BCUT2D eigenvalue weighted by Crippen LogP contribution is -2.48. The van der Waals surface area contributed by atoms with Gasteiger partial charge in [0.1, 0.15) is 5.75 Å². The van der Waals surface area contributed by atoms with Crippen LogP contribution >= 0.6 is 0 Å². The van der Waals surface area contributed by atoms with Gasteiger partial charge in [0, 0.05) is 18.7 Å². The highest BCUT2D eigenvalue weighted by Crippen LogP contribution is 2.17. The van der Waals surface area contributed by atoms with E-state index in [1.165, 1.54) is 0 Å². The van der Waals surface area contributed by atoms with Crippen molar-refractivity contribution in [3.63, 3.8) is 0 Å². The van der Waals surface area contributed by atoms with Gasteiger partial charge in [-0.05, 0) is 44.5 Å². The first-order chi connectivity index (χ1) is 10.1. The van der Waals surface area contributed by atoms with Crippen molar-refractivity contribution in [3.05, 3.63) is 29.8 Å². The highest BCUT2D eigenvalue weighted by molar-refractivity contribution is 5.94. The van der Waals surface area contributed by atoms with E-state index in [4.69, 9.17) is 9.47 Å². The van der Waals surface area contributed by atoms with E-state index in [0.717, 1.165) is 25.2 Å². The molecule has 0 radical (unpaired) electrons. The summed E-state index contributed by atoms with van der Waals surface area (Å²) in [7, 11) is 0. The molecule has 1 amide bonds. The van der Waals surface area contributed by atoms with E-state index in [1.54, 1.807) is 0 Å². The quantitative estimate of drug-likeness (QED) is 0.782. The first-order valence-corrected chi connectivity index (χ1v) is 7.77. The minimum Gasteiger partial charge on any atom is -0.494 e. The summed E-state index contributed by atoms with van der Waals surface area (Å²) < 4.78 is 11.3. The average molecular weight is 291 g/mol. The summed E-state index contributed by atoms with van der Waals surface area (Å²) in [6.45, 7) is 8.16. The first kappa shape index (κ1) is 15.8. The second kappa shape index (κ2) is 7.46. The normalized spacial score (nSPS) is 22.1. The number of benzene rings is 1. The fraction of sp³-hybridized carbons (Fsp3) is 0.588. The van der Waals surface area contributed by atoms with E-state index in [-0.39, 0.29) is 18.1 Å². The predicted molar refractivity (Wildman–Crippen MR) is 82.8 cm³/mol. The largest absolute Gasteiger partial charge is 0.494 e. The molecule has 1 aromatic carbocycles. The number of hydrogen-bond acceptors (Lipinski definition) is 3. The van der Waals surface area contributed by atoms with Crippen molar-refractivity contribution in [1.29, 1.82) is 0 Å². The van der Waals surface area contributed by atoms with Gasteiger partial charge in [-0.15, -0.1) is 0 Å². The van der Waals surface area contributed by atoms with Crippen LogP contribution < -0.4 is 4.74 Å². The smallest absolute Gasteiger partial charge is 0.254 e. The lowest BCUT2D eigenvalue weighted by molar-refractivity contribution is -0.0586. The van der Waals surface area contributed by atoms with Crippen LogP contribution in [0.3, 0.4) is 0 Å². The molecule has 2 atom stereocenters. The molecule has 1 fully saturated rings. The van der Waals surface area contributed by atoms with Gasteiger partial charge in [0.05, 0.1) is 18.8 Å². The minimum atomic E-state index is 0.0668. The van der Waals surface area contributed by atoms with Crippen molar-refractivity contribution < 1.29 is 14.3 Å². The molecule has 0 unspecified atom stereocenters. The molecule has 116 valence electrons. The van der Waals surface area contributed by atoms with Crippen molar-refractivity contribution in [3.8, 4) is 5.75 Å². The molecule has 0 spiro atoms. The standard InChI is InChI=1S/C17H25NO3/c1-4-5-10-20-16-8-6-15(7-9-16)17(19)18-11-13(2)21-14(3)12-18/h6-9,13-14H,4-5,10-12H2,1-3H3/t13-,14-/m1/s1. The van der Waals surface area contributed by atoms with Gasteiger partial charge >= 0.3 is 0 Å². The summed E-state index contributed by atoms with van der Waals surface area (Å²) in [6.07, 6.45) is 2.34. The van der Waals surface area contributed by atoms with Crippen molar-refractivity contribution in [2.75, 3.05) is 19.7 Å². The number of carbonyl (C=O) groups excluding carboxylic acids is 1. The highest BCUT2D eigenvalue weighted by Gasteiger charge is 2.26. The van der Waals surface area contributed by atoms with Crippen LogP contribution in [0.4, 0.5) is 0 Å². The van der Waals surface area contributed by atoms with E-state index < -0.39 is 0 Å². The molecule has 21 heavy (non-hydrogen) atoms. The van der Waals surface area contributed by atoms with Crippen LogP contribution in [-0.4, -0.2) is 42.7 Å². The van der Waals surface area contributed by atoms with Gasteiger partial charge in [-0.1, -0.05) is 13.3 Å². The summed E-state index contributed by atoms with van der Waals surface area (Å²) in [5.41, 5.74) is 0.708. The Hall–Kier alpha value is -1.55. The third-order valence-corrected chi connectivity index (χ3v) is 3.57. The van der Waals surface area contributed by atoms with Gasteiger partial charge in [0.2, 0.25) is 0 Å². The topological polar surface area (TPSA) is 38.8 Å². The molecule has 0 saturated carbocycles. The van der Waals surface area contributed by atoms with Gasteiger partial charge in [-0.3, -0.25) is 4.79 Å². The molecule has 1 aliphatic rings. The van der Waals surface area contributed by atoms with E-state index in [1.807, 2.05) is 43.0 Å². The molecule has 0 bridgehead atoms. The average Bonchev–Trinajstić information content (AvgIpc) is 2.46. The van der Waals surface area contributed by atoms with Crippen LogP contribution in [0.2, 0.25) is 0 Å². The maximum Gasteiger partial charge on any atom is 0.254 e. The zero-order valence-electron chi connectivity index (χ0n) is 13.2. The Morgan fingerprint density at radius 2 is 1.86 bits per heavy atom. The van der Waals surface area contributed by atoms with Crippen LogP contribution in [0.25, 0.3) is 0 Å². The van der Waals surface area contributed by atoms with E-state index in [0.29, 0.717) is 18.7 Å². The molecule has 4 nitrogen and oxygen atoms in total. The van der Waals surface area contributed by atoms with E-state index >= 15 is 0 Å². The lowest BCUT2D eigenvalue weighted by atomic mass is 10.1. The Morgan fingerprint density at radius 1 is 1.24 bits per heavy atom. The fourth-order valence-electron chi connectivity index (χ4n) is 2.55. The summed E-state index contributed by atoms with van der Waals surface area (Å²) >= 11 is 0. The summed E-state index contributed by atoms with van der Waals surface area (Å²) in [4.78, 5) is 14.4. The first-order valence-electron chi connectivity index (χ1n) is 7.77. The Labute approximate surface area is 127 Å². The van der Waals surface area contributed by atoms with Gasteiger partial charge in [-0.2, -0.15) is 0 Å². The number of hydrogen-bond donors (Lipinski definition) is 0. The van der Waals surface area contributed by atoms with Gasteiger partial charge in [0.25, 0.3) is 5.91 Å². The third kappa shape index (κ3) is 4.46. The zero-order chi connectivity index (χ0) is 15.2. The van der Waals surface area contributed by atoms with Gasteiger partial charge in [-0.25, -0.2) is 0 Å². The number of unbranched alkanes of at least 4 members (excludes halogenated alkanes) is 1. The zero-order valence-corrected chi connectivity index (χ0v) is 13.2. The molecule has 4 heteroatoms. The molecule has 0 aromatic heterocycles. The second-order valence-corrected chi connectivity index (χ2v) is 5.69. The minimum absolute atomic E-state index is 0.0668. The van der Waals surface area contributed by atoms with E-state index in [9.17, 15) is 4.79 Å². The van der Waals surface area contributed by atoms with Crippen molar-refractivity contribution in [2.45, 2.75) is 45.8 Å². The Bertz CT molecular complexity index is 448. The molecule has 0 N–H and O–H groups in total. The molecule has 2 rings (SSSR count). The number of ether oxygens (including phenoxy) is 2. The monoisotopic (exact) mass is 291 g/mol. The number of amides is 1. The molecular weight excluding hydrogens is 266 g/mol. The SMILES string of the molecule is CCCCOc1ccc(C(=O)N2C[C@@H](C)O[C@H](C)C2)cc1. The Kier molecular flexibility index (Phi) is 5.62. The second-order valence-electron chi connectivity index (χ2n) is 5.69. The Morgan fingerprint density at radius 3 is 2.43 bits per heavy atom. The van der Waals surface area contributed by atoms with Crippen molar-refractivity contribution in [1.82, 2.24) is 4.90 Å². The highest BCUT2D eigenvalue weighted by atomic mass is 16.5. The van der Waals surface area contributed by atoms with Gasteiger partial charge in [0.15, 0.2) is 0 Å². The fourth-order valence-corrected chi connectivity index (χ4v) is 2.55. The van der Waals surface area contributed by atoms with Crippen LogP contribution in [0.5, 0.6) is 5.75 Å². The number of morpholine rings is 1. The molecular formula is C17H25NO3. The summed E-state index contributed by atoms with van der Waals surface area (Å²) in [6, 6.07) is 7.43. The lowest BCUT2D eigenvalue weighted by Gasteiger charge is -2.35. The van der Waals surface area contributed by atoms with Crippen molar-refractivity contribution >= 4 is 5.91 Å². The third-order valence-electron chi connectivity index (χ3n) is 3.57. The van der Waals surface area contributed by atoms with E-state index in [2.05, 4.69) is 6.92 Å². The number of nitrogens with zero attached hydrogens (tertiary/aromatic N) is 1. The summed E-state index contributed by atoms with van der Waals surface area (Å²) in [5.74, 6) is 0.890. The predicted octanol–water partition coefficient (Wildman–Crippen LogP) is 3.11. The number of carbonyl (C=O) groups is 1.